The monoisotopic (exact) mass is 189 g/mol. The van der Waals surface area contributed by atoms with E-state index in [2.05, 4.69) is 44.8 Å². The molecule has 0 bridgehead atoms. The van der Waals surface area contributed by atoms with Gasteiger partial charge in [0.2, 0.25) is 0 Å². The van der Waals surface area contributed by atoms with Crippen molar-refractivity contribution in [3.63, 3.8) is 0 Å². The first-order valence-corrected chi connectivity index (χ1v) is 4.97. The van der Waals surface area contributed by atoms with Crippen LogP contribution in [-0.2, 0) is 0 Å². The second-order valence-corrected chi connectivity index (χ2v) is 4.19. The Morgan fingerprint density at radius 3 is 2.57 bits per heavy atom. The fourth-order valence-corrected chi connectivity index (χ4v) is 1.85. The Bertz CT molecular complexity index is 327. The fraction of sp³-hybridized carbons (Fsp3) is 0.385. The minimum atomic E-state index is 0.0461. The summed E-state index contributed by atoms with van der Waals surface area (Å²) in [7, 11) is 0. The first-order chi connectivity index (χ1) is 6.50. The summed E-state index contributed by atoms with van der Waals surface area (Å²) in [6.45, 7) is 12.3. The smallest absolute Gasteiger partial charge is 0.0505 e. The average molecular weight is 189 g/mol. The van der Waals surface area contributed by atoms with Crippen molar-refractivity contribution in [2.24, 2.45) is 0 Å². The summed E-state index contributed by atoms with van der Waals surface area (Å²) in [5.74, 6) is 0. The molecule has 0 aromatic carbocycles. The molecular formula is C13H19N. The quantitative estimate of drug-likeness (QED) is 0.667. The third-order valence-electron chi connectivity index (χ3n) is 2.32. The molecule has 0 aliphatic carbocycles. The van der Waals surface area contributed by atoms with Crippen LogP contribution in [0.3, 0.4) is 0 Å². The third-order valence-corrected chi connectivity index (χ3v) is 2.32. The molecule has 0 spiro atoms. The maximum absolute atomic E-state index is 3.74. The fourth-order valence-electron chi connectivity index (χ4n) is 1.85. The van der Waals surface area contributed by atoms with Crippen molar-refractivity contribution < 1.29 is 0 Å². The molecule has 0 saturated carbocycles. The lowest BCUT2D eigenvalue weighted by Crippen LogP contribution is -2.40. The summed E-state index contributed by atoms with van der Waals surface area (Å²) in [5, 5.41) is 3.48. The first kappa shape index (κ1) is 10.8. The number of hydrogen-bond acceptors (Lipinski definition) is 1. The van der Waals surface area contributed by atoms with Gasteiger partial charge in [-0.3, -0.25) is 0 Å². The maximum Gasteiger partial charge on any atom is 0.0505 e. The van der Waals surface area contributed by atoms with E-state index in [1.807, 2.05) is 19.1 Å². The van der Waals surface area contributed by atoms with Gasteiger partial charge in [0.15, 0.2) is 0 Å². The Kier molecular flexibility index (Phi) is 3.00. The van der Waals surface area contributed by atoms with Crippen molar-refractivity contribution in [3.8, 4) is 0 Å². The van der Waals surface area contributed by atoms with Crippen LogP contribution >= 0.6 is 0 Å². The van der Waals surface area contributed by atoms with Gasteiger partial charge in [0, 0.05) is 5.70 Å². The van der Waals surface area contributed by atoms with Gasteiger partial charge in [0.25, 0.3) is 0 Å². The van der Waals surface area contributed by atoms with Crippen LogP contribution < -0.4 is 5.32 Å². The molecule has 1 aliphatic rings. The molecule has 1 rings (SSSR count). The summed E-state index contributed by atoms with van der Waals surface area (Å²) in [6, 6.07) is 0. The Hall–Kier alpha value is -1.24. The van der Waals surface area contributed by atoms with Crippen molar-refractivity contribution in [2.75, 3.05) is 0 Å². The van der Waals surface area contributed by atoms with Gasteiger partial charge in [-0.1, -0.05) is 30.9 Å². The van der Waals surface area contributed by atoms with Gasteiger partial charge in [0.05, 0.1) is 5.54 Å². The lowest BCUT2D eigenvalue weighted by atomic mass is 9.90. The molecule has 14 heavy (non-hydrogen) atoms. The highest BCUT2D eigenvalue weighted by Crippen LogP contribution is 2.27. The van der Waals surface area contributed by atoms with E-state index in [0.717, 1.165) is 0 Å². The van der Waals surface area contributed by atoms with Crippen LogP contribution in [0.25, 0.3) is 0 Å². The van der Waals surface area contributed by atoms with E-state index < -0.39 is 0 Å². The Morgan fingerprint density at radius 2 is 2.07 bits per heavy atom. The molecule has 0 aromatic heterocycles. The summed E-state index contributed by atoms with van der Waals surface area (Å²) in [5.41, 5.74) is 3.78. The van der Waals surface area contributed by atoms with E-state index in [1.165, 1.54) is 16.8 Å². The Labute approximate surface area is 86.9 Å². The highest BCUT2D eigenvalue weighted by molar-refractivity contribution is 5.51. The number of rotatable bonds is 1. The van der Waals surface area contributed by atoms with Crippen LogP contribution in [0.1, 0.15) is 27.7 Å². The van der Waals surface area contributed by atoms with E-state index in [1.54, 1.807) is 0 Å². The largest absolute Gasteiger partial charge is 0.376 e. The third kappa shape index (κ3) is 2.16. The van der Waals surface area contributed by atoms with Gasteiger partial charge in [-0.15, -0.1) is 0 Å². The van der Waals surface area contributed by atoms with Gasteiger partial charge in [-0.05, 0) is 38.8 Å². The highest BCUT2D eigenvalue weighted by Gasteiger charge is 2.23. The van der Waals surface area contributed by atoms with Gasteiger partial charge in [-0.2, -0.15) is 0 Å². The van der Waals surface area contributed by atoms with Crippen LogP contribution in [0.2, 0.25) is 0 Å². The van der Waals surface area contributed by atoms with Crippen molar-refractivity contribution in [1.82, 2.24) is 5.32 Å². The van der Waals surface area contributed by atoms with E-state index in [9.17, 15) is 0 Å². The molecule has 1 nitrogen and oxygen atoms in total. The molecule has 1 heterocycles. The second-order valence-electron chi connectivity index (χ2n) is 4.19. The molecule has 0 radical (unpaired) electrons. The Morgan fingerprint density at radius 1 is 1.43 bits per heavy atom. The van der Waals surface area contributed by atoms with Crippen LogP contribution in [0, 0.1) is 0 Å². The summed E-state index contributed by atoms with van der Waals surface area (Å²) >= 11 is 0. The van der Waals surface area contributed by atoms with Gasteiger partial charge < -0.3 is 5.32 Å². The lowest BCUT2D eigenvalue weighted by molar-refractivity contribution is 0.520. The van der Waals surface area contributed by atoms with Crippen LogP contribution in [0.15, 0.2) is 47.7 Å². The summed E-state index contributed by atoms with van der Waals surface area (Å²) < 4.78 is 0. The van der Waals surface area contributed by atoms with E-state index in [4.69, 9.17) is 0 Å². The van der Waals surface area contributed by atoms with Gasteiger partial charge in [-0.25, -0.2) is 0 Å². The molecule has 1 N–H and O–H groups in total. The van der Waals surface area contributed by atoms with Crippen molar-refractivity contribution >= 4 is 0 Å². The zero-order chi connectivity index (χ0) is 10.8. The maximum atomic E-state index is 3.74. The van der Waals surface area contributed by atoms with Crippen LogP contribution in [0.5, 0.6) is 0 Å². The van der Waals surface area contributed by atoms with Crippen molar-refractivity contribution in [2.45, 2.75) is 33.2 Å². The molecule has 76 valence electrons. The van der Waals surface area contributed by atoms with Gasteiger partial charge >= 0.3 is 0 Å². The molecule has 1 heteroatoms. The normalized spacial score (nSPS) is 25.9. The summed E-state index contributed by atoms with van der Waals surface area (Å²) in [4.78, 5) is 0. The predicted octanol–water partition coefficient (Wildman–Crippen LogP) is 3.33. The minimum Gasteiger partial charge on any atom is -0.376 e. The van der Waals surface area contributed by atoms with Crippen LogP contribution in [0.4, 0.5) is 0 Å². The number of hydrogen-bond donors (Lipinski definition) is 1. The van der Waals surface area contributed by atoms with Crippen molar-refractivity contribution in [3.05, 3.63) is 47.7 Å². The van der Waals surface area contributed by atoms with Gasteiger partial charge in [0.1, 0.15) is 0 Å². The molecule has 0 amide bonds. The SMILES string of the molecule is C=C/C=C1/C(C)=CC(C)(C)N/C1=C/C. The standard InChI is InChI=1S/C13H19N/c1-6-8-11-10(3)9-13(4,5)14-12(11)7-2/h6-9,14H,1H2,2-5H3/b11-8-,12-7+. The lowest BCUT2D eigenvalue weighted by Gasteiger charge is -2.33. The molecule has 0 atom stereocenters. The number of nitrogens with one attached hydrogen (secondary N) is 1. The van der Waals surface area contributed by atoms with Crippen LogP contribution in [-0.4, -0.2) is 5.54 Å². The Balaban J connectivity index is 3.20. The topological polar surface area (TPSA) is 12.0 Å². The number of allylic oxidation sites excluding steroid dienone is 4. The molecule has 0 fully saturated rings. The predicted molar refractivity (Wildman–Crippen MR) is 63.0 cm³/mol. The zero-order valence-corrected chi connectivity index (χ0v) is 9.52. The van der Waals surface area contributed by atoms with E-state index >= 15 is 0 Å². The molecule has 0 saturated heterocycles. The first-order valence-electron chi connectivity index (χ1n) is 4.97. The van der Waals surface area contributed by atoms with Crippen molar-refractivity contribution in [1.29, 1.82) is 0 Å². The van der Waals surface area contributed by atoms with E-state index in [-0.39, 0.29) is 5.54 Å². The molecule has 0 unspecified atom stereocenters. The molecule has 1 aliphatic heterocycles. The molecular weight excluding hydrogens is 170 g/mol. The highest BCUT2D eigenvalue weighted by atomic mass is 15.0. The average Bonchev–Trinajstić information content (AvgIpc) is 2.08. The second kappa shape index (κ2) is 3.87. The summed E-state index contributed by atoms with van der Waals surface area (Å²) in [6.07, 6.45) is 8.22. The zero-order valence-electron chi connectivity index (χ0n) is 9.52. The van der Waals surface area contributed by atoms with E-state index in [0.29, 0.717) is 0 Å². The minimum absolute atomic E-state index is 0.0461. The molecule has 0 aromatic rings.